The van der Waals surface area contributed by atoms with Crippen LogP contribution in [0.15, 0.2) is 24.3 Å². The van der Waals surface area contributed by atoms with Gasteiger partial charge in [0.1, 0.15) is 0 Å². The Balaban J connectivity index is 1.63. The zero-order valence-corrected chi connectivity index (χ0v) is 8.73. The average Bonchev–Trinajstić information content (AvgIpc) is 3.25. The van der Waals surface area contributed by atoms with Crippen LogP contribution in [0.25, 0.3) is 0 Å². The van der Waals surface area contributed by atoms with Crippen LogP contribution in [0.2, 0.25) is 0 Å². The lowest BCUT2D eigenvalue weighted by Gasteiger charge is -2.01. The van der Waals surface area contributed by atoms with Gasteiger partial charge in [-0.3, -0.25) is 0 Å². The largest absolute Gasteiger partial charge is 0.403 e. The molecule has 0 atom stereocenters. The van der Waals surface area contributed by atoms with Gasteiger partial charge in [0.25, 0.3) is 0 Å². The zero-order valence-electron chi connectivity index (χ0n) is 8.73. The lowest BCUT2D eigenvalue weighted by molar-refractivity contribution is 0.0265. The quantitative estimate of drug-likeness (QED) is 0.434. The number of carbonyl (C=O) groups excluding carboxylic acids is 2. The van der Waals surface area contributed by atoms with Gasteiger partial charge in [0.2, 0.25) is 0 Å². The summed E-state index contributed by atoms with van der Waals surface area (Å²) in [5, 5.41) is 0. The number of esters is 2. The van der Waals surface area contributed by atoms with E-state index >= 15 is 0 Å². The van der Waals surface area contributed by atoms with Crippen LogP contribution in [0.3, 0.4) is 0 Å². The lowest BCUT2D eigenvalue weighted by atomic mass is 10.1. The summed E-state index contributed by atoms with van der Waals surface area (Å²) < 4.78 is 9.37. The van der Waals surface area contributed by atoms with Crippen molar-refractivity contribution in [1.82, 2.24) is 0 Å². The van der Waals surface area contributed by atoms with Crippen molar-refractivity contribution in [3.05, 3.63) is 35.4 Å². The molecule has 0 amide bonds. The number of hydrogen-bond acceptors (Lipinski definition) is 8. The highest BCUT2D eigenvalue weighted by Gasteiger charge is 2.32. The van der Waals surface area contributed by atoms with Crippen LogP contribution < -0.4 is 0 Å². The fourth-order valence-corrected chi connectivity index (χ4v) is 1.18. The van der Waals surface area contributed by atoms with Crippen LogP contribution in [-0.4, -0.2) is 24.9 Å². The molecule has 2 aliphatic heterocycles. The van der Waals surface area contributed by atoms with Crippen molar-refractivity contribution in [1.29, 1.82) is 0 Å². The van der Waals surface area contributed by atoms with Crippen molar-refractivity contribution in [2.45, 2.75) is 13.0 Å². The summed E-state index contributed by atoms with van der Waals surface area (Å²) in [6, 6.07) is 5.65. The number of ether oxygens (including phenoxy) is 2. The molecule has 8 nitrogen and oxygen atoms in total. The molecule has 18 heavy (non-hydrogen) atoms. The van der Waals surface area contributed by atoms with Crippen LogP contribution in [0, 0.1) is 0 Å². The first kappa shape index (κ1) is 11.1. The van der Waals surface area contributed by atoms with Gasteiger partial charge in [0.05, 0.1) is 11.1 Å². The van der Waals surface area contributed by atoms with Crippen LogP contribution in [0.5, 0.6) is 0 Å². The van der Waals surface area contributed by atoms with Gasteiger partial charge in [-0.1, -0.05) is 0 Å². The SMILES string of the molecule is O=C(OC1OO1)c1ccc(C(=O)OC2OO2)cc1. The van der Waals surface area contributed by atoms with Gasteiger partial charge < -0.3 is 9.47 Å². The minimum absolute atomic E-state index is 0.254. The van der Waals surface area contributed by atoms with Gasteiger partial charge in [0, 0.05) is 0 Å². The molecule has 0 N–H and O–H groups in total. The first-order valence-electron chi connectivity index (χ1n) is 4.89. The Labute approximate surface area is 99.7 Å². The highest BCUT2D eigenvalue weighted by molar-refractivity contribution is 5.93. The van der Waals surface area contributed by atoms with Crippen molar-refractivity contribution >= 4 is 11.9 Å². The van der Waals surface area contributed by atoms with E-state index in [0.717, 1.165) is 0 Å². The number of rotatable bonds is 4. The minimum Gasteiger partial charge on any atom is -0.403 e. The highest BCUT2D eigenvalue weighted by Crippen LogP contribution is 2.18. The second kappa shape index (κ2) is 4.35. The lowest BCUT2D eigenvalue weighted by Crippen LogP contribution is -2.09. The molecule has 2 aliphatic rings. The van der Waals surface area contributed by atoms with Crippen LogP contribution in [0.4, 0.5) is 0 Å². The Hall–Kier alpha value is -2.00. The normalized spacial score (nSPS) is 18.2. The Morgan fingerprint density at radius 1 is 0.778 bits per heavy atom. The third-order valence-electron chi connectivity index (χ3n) is 2.11. The van der Waals surface area contributed by atoms with Crippen molar-refractivity contribution in [3.8, 4) is 0 Å². The minimum atomic E-state index is -0.939. The molecular formula is C10H6O8. The maximum absolute atomic E-state index is 11.4. The Bertz CT molecular complexity index is 428. The summed E-state index contributed by atoms with van der Waals surface area (Å²) in [5.74, 6) is -1.24. The zero-order chi connectivity index (χ0) is 12.5. The number of carbonyl (C=O) groups is 2. The van der Waals surface area contributed by atoms with E-state index in [9.17, 15) is 9.59 Å². The molecular weight excluding hydrogens is 248 g/mol. The number of hydrogen-bond donors (Lipinski definition) is 0. The summed E-state index contributed by atoms with van der Waals surface area (Å²) in [5.41, 5.74) is 0.508. The third kappa shape index (κ3) is 2.63. The van der Waals surface area contributed by atoms with Gasteiger partial charge in [-0.05, 0) is 24.3 Å². The smallest absolute Gasteiger partial charge is 0.373 e. The molecule has 3 rings (SSSR count). The maximum atomic E-state index is 11.4. The summed E-state index contributed by atoms with van der Waals surface area (Å²) in [7, 11) is 0. The van der Waals surface area contributed by atoms with Crippen molar-refractivity contribution in [3.63, 3.8) is 0 Å². The van der Waals surface area contributed by atoms with E-state index in [1.165, 1.54) is 24.3 Å². The van der Waals surface area contributed by atoms with E-state index in [2.05, 4.69) is 29.0 Å². The maximum Gasteiger partial charge on any atom is 0.373 e. The molecule has 0 aliphatic carbocycles. The van der Waals surface area contributed by atoms with Gasteiger partial charge in [-0.15, -0.1) is 0 Å². The van der Waals surface area contributed by atoms with Crippen molar-refractivity contribution < 1.29 is 38.6 Å². The fraction of sp³-hybridized carbons (Fsp3) is 0.200. The van der Waals surface area contributed by atoms with E-state index in [1.807, 2.05) is 0 Å². The standard InChI is InChI=1S/C10H6O8/c11-7(13-9-15-16-9)5-1-2-6(4-3-5)8(12)14-10-17-18-10/h1-4,9-10H. The Kier molecular flexibility index (Phi) is 2.68. The molecule has 1 aromatic carbocycles. The Morgan fingerprint density at radius 2 is 1.11 bits per heavy atom. The molecule has 2 heterocycles. The predicted molar refractivity (Wildman–Crippen MR) is 49.2 cm³/mol. The molecule has 2 saturated heterocycles. The molecule has 2 fully saturated rings. The molecule has 0 saturated carbocycles. The molecule has 94 valence electrons. The monoisotopic (exact) mass is 254 g/mol. The fourth-order valence-electron chi connectivity index (χ4n) is 1.18. The van der Waals surface area contributed by atoms with Gasteiger partial charge >= 0.3 is 24.9 Å². The molecule has 0 radical (unpaired) electrons. The van der Waals surface area contributed by atoms with Crippen molar-refractivity contribution in [2.75, 3.05) is 0 Å². The third-order valence-corrected chi connectivity index (χ3v) is 2.11. The second-order valence-corrected chi connectivity index (χ2v) is 3.35. The summed E-state index contributed by atoms with van der Waals surface area (Å²) in [6.07, 6.45) is 0. The molecule has 0 spiro atoms. The van der Waals surface area contributed by atoms with Gasteiger partial charge in [-0.2, -0.15) is 19.6 Å². The van der Waals surface area contributed by atoms with E-state index < -0.39 is 24.9 Å². The summed E-state index contributed by atoms with van der Waals surface area (Å²) in [6.45, 7) is -1.88. The highest BCUT2D eigenvalue weighted by atomic mass is 17.4. The summed E-state index contributed by atoms with van der Waals surface area (Å²) >= 11 is 0. The van der Waals surface area contributed by atoms with E-state index in [1.54, 1.807) is 0 Å². The summed E-state index contributed by atoms with van der Waals surface area (Å²) in [4.78, 5) is 39.9. The van der Waals surface area contributed by atoms with Gasteiger partial charge in [-0.25, -0.2) is 9.59 Å². The molecule has 1 aromatic rings. The van der Waals surface area contributed by atoms with E-state index in [4.69, 9.17) is 0 Å². The van der Waals surface area contributed by atoms with Crippen molar-refractivity contribution in [2.24, 2.45) is 0 Å². The predicted octanol–water partition coefficient (Wildman–Crippen LogP) is 0.491. The van der Waals surface area contributed by atoms with Gasteiger partial charge in [0.15, 0.2) is 0 Å². The van der Waals surface area contributed by atoms with Crippen LogP contribution in [-0.2, 0) is 29.0 Å². The second-order valence-electron chi connectivity index (χ2n) is 3.35. The van der Waals surface area contributed by atoms with E-state index in [0.29, 0.717) is 0 Å². The first-order chi connectivity index (χ1) is 8.72. The van der Waals surface area contributed by atoms with Crippen LogP contribution >= 0.6 is 0 Å². The first-order valence-corrected chi connectivity index (χ1v) is 4.89. The van der Waals surface area contributed by atoms with E-state index in [-0.39, 0.29) is 11.1 Å². The molecule has 0 unspecified atom stereocenters. The molecule has 0 aromatic heterocycles. The van der Waals surface area contributed by atoms with Crippen LogP contribution in [0.1, 0.15) is 20.7 Å². The Morgan fingerprint density at radius 3 is 1.39 bits per heavy atom. The molecule has 8 heteroatoms. The topological polar surface area (TPSA) is 103 Å². The number of benzene rings is 1. The molecule has 0 bridgehead atoms. The average molecular weight is 254 g/mol.